The fraction of sp³-hybridized carbons (Fsp3) is 0.467. The van der Waals surface area contributed by atoms with Crippen molar-refractivity contribution in [1.29, 1.82) is 0 Å². The van der Waals surface area contributed by atoms with E-state index in [0.717, 1.165) is 48.1 Å². The van der Waals surface area contributed by atoms with E-state index in [9.17, 15) is 4.39 Å². The number of aryl methyl sites for hydroxylation is 2. The van der Waals surface area contributed by atoms with Gasteiger partial charge in [0, 0.05) is 22.6 Å². The van der Waals surface area contributed by atoms with Crippen molar-refractivity contribution < 1.29 is 4.39 Å². The van der Waals surface area contributed by atoms with Crippen molar-refractivity contribution >= 4 is 16.6 Å². The highest BCUT2D eigenvalue weighted by molar-refractivity contribution is 5.96. The molecule has 0 atom stereocenters. The number of nitrogens with one attached hydrogen (secondary N) is 3. The summed E-state index contributed by atoms with van der Waals surface area (Å²) in [4.78, 5) is 3.31. The van der Waals surface area contributed by atoms with Crippen LogP contribution in [0.3, 0.4) is 0 Å². The molecule has 2 heterocycles. The number of hydrogen-bond acceptors (Lipinski definition) is 2. The number of halogens is 1. The summed E-state index contributed by atoms with van der Waals surface area (Å²) in [5.41, 5.74) is 3.90. The van der Waals surface area contributed by atoms with Crippen LogP contribution in [-0.4, -0.2) is 24.1 Å². The highest BCUT2D eigenvalue weighted by Gasteiger charge is 2.18. The Balaban J connectivity index is 2.03. The maximum absolute atomic E-state index is 14.2. The summed E-state index contributed by atoms with van der Waals surface area (Å²) in [5, 5.41) is 7.74. The Hall–Kier alpha value is -1.55. The van der Waals surface area contributed by atoms with Crippen molar-refractivity contribution in [3.05, 3.63) is 29.2 Å². The maximum Gasteiger partial charge on any atom is 0.147 e. The second kappa shape index (κ2) is 4.85. The molecule has 3 N–H and O–H groups in total. The zero-order valence-corrected chi connectivity index (χ0v) is 11.4. The maximum atomic E-state index is 14.2. The number of anilines is 1. The first-order valence-corrected chi connectivity index (χ1v) is 6.91. The first kappa shape index (κ1) is 12.5. The van der Waals surface area contributed by atoms with Crippen LogP contribution in [0.25, 0.3) is 10.9 Å². The first-order valence-electron chi connectivity index (χ1n) is 6.91. The Morgan fingerprint density at radius 2 is 1.95 bits per heavy atom. The zero-order chi connectivity index (χ0) is 13.4. The van der Waals surface area contributed by atoms with Gasteiger partial charge in [0.15, 0.2) is 0 Å². The molecule has 19 heavy (non-hydrogen) atoms. The lowest BCUT2D eigenvalue weighted by atomic mass is 10.0. The van der Waals surface area contributed by atoms with Crippen molar-refractivity contribution in [2.75, 3.05) is 18.4 Å². The monoisotopic (exact) mass is 261 g/mol. The molecule has 0 amide bonds. The van der Waals surface area contributed by atoms with Crippen LogP contribution in [0.4, 0.5) is 10.1 Å². The van der Waals surface area contributed by atoms with E-state index in [2.05, 4.69) is 15.6 Å². The van der Waals surface area contributed by atoms with E-state index in [1.165, 1.54) is 0 Å². The van der Waals surface area contributed by atoms with E-state index >= 15 is 0 Å². The summed E-state index contributed by atoms with van der Waals surface area (Å²) in [5.74, 6) is -0.159. The van der Waals surface area contributed by atoms with Gasteiger partial charge in [-0.25, -0.2) is 4.39 Å². The predicted octanol–water partition coefficient (Wildman–Crippen LogP) is 3.09. The summed E-state index contributed by atoms with van der Waals surface area (Å²) >= 11 is 0. The standard InChI is InChI=1S/C15H20FN3/c1-9-10(2)18-13-4-3-12(16)15(14(9)13)19-11-5-7-17-8-6-11/h3-4,11,17-19H,5-8H2,1-2H3. The third-order valence-electron chi connectivity index (χ3n) is 4.10. The molecule has 3 nitrogen and oxygen atoms in total. The van der Waals surface area contributed by atoms with Gasteiger partial charge in [-0.05, 0) is 57.5 Å². The number of rotatable bonds is 2. The van der Waals surface area contributed by atoms with Crippen LogP contribution < -0.4 is 10.6 Å². The molecular weight excluding hydrogens is 241 g/mol. The number of H-pyrrole nitrogens is 1. The summed E-state index contributed by atoms with van der Waals surface area (Å²) < 4.78 is 14.2. The largest absolute Gasteiger partial charge is 0.379 e. The van der Waals surface area contributed by atoms with Gasteiger partial charge >= 0.3 is 0 Å². The number of aromatic amines is 1. The first-order chi connectivity index (χ1) is 9.16. The Bertz CT molecular complexity index is 597. The van der Waals surface area contributed by atoms with E-state index in [4.69, 9.17) is 0 Å². The lowest BCUT2D eigenvalue weighted by molar-refractivity contribution is 0.477. The normalized spacial score (nSPS) is 17.0. The zero-order valence-electron chi connectivity index (χ0n) is 11.4. The minimum absolute atomic E-state index is 0.159. The molecular formula is C15H20FN3. The average Bonchev–Trinajstić information content (AvgIpc) is 2.70. The smallest absolute Gasteiger partial charge is 0.147 e. The molecule has 102 valence electrons. The van der Waals surface area contributed by atoms with Gasteiger partial charge in [-0.1, -0.05) is 0 Å². The summed E-state index contributed by atoms with van der Waals surface area (Å²) in [6.07, 6.45) is 2.08. The van der Waals surface area contributed by atoms with Crippen LogP contribution in [0.5, 0.6) is 0 Å². The van der Waals surface area contributed by atoms with Gasteiger partial charge < -0.3 is 15.6 Å². The Labute approximate surface area is 112 Å². The number of benzene rings is 1. The molecule has 1 fully saturated rings. The van der Waals surface area contributed by atoms with E-state index in [1.54, 1.807) is 6.07 Å². The number of hydrogen-bond donors (Lipinski definition) is 3. The van der Waals surface area contributed by atoms with Gasteiger partial charge in [0.2, 0.25) is 0 Å². The van der Waals surface area contributed by atoms with Crippen molar-refractivity contribution in [2.24, 2.45) is 0 Å². The fourth-order valence-electron chi connectivity index (χ4n) is 2.87. The van der Waals surface area contributed by atoms with E-state index in [1.807, 2.05) is 19.9 Å². The second-order valence-corrected chi connectivity index (χ2v) is 5.39. The van der Waals surface area contributed by atoms with Crippen LogP contribution in [0.15, 0.2) is 12.1 Å². The van der Waals surface area contributed by atoms with Crippen LogP contribution >= 0.6 is 0 Å². The fourth-order valence-corrected chi connectivity index (χ4v) is 2.87. The number of aromatic nitrogens is 1. The average molecular weight is 261 g/mol. The van der Waals surface area contributed by atoms with Crippen molar-refractivity contribution in [3.63, 3.8) is 0 Å². The van der Waals surface area contributed by atoms with Gasteiger partial charge in [-0.3, -0.25) is 0 Å². The summed E-state index contributed by atoms with van der Waals surface area (Å²) in [6, 6.07) is 3.72. The summed E-state index contributed by atoms with van der Waals surface area (Å²) in [6.45, 7) is 6.07. The third kappa shape index (κ3) is 2.21. The molecule has 3 rings (SSSR count). The van der Waals surface area contributed by atoms with Crippen molar-refractivity contribution in [2.45, 2.75) is 32.7 Å². The van der Waals surface area contributed by atoms with Crippen molar-refractivity contribution in [1.82, 2.24) is 10.3 Å². The highest BCUT2D eigenvalue weighted by Crippen LogP contribution is 2.32. The van der Waals surface area contributed by atoms with Crippen molar-refractivity contribution in [3.8, 4) is 0 Å². The minimum Gasteiger partial charge on any atom is -0.379 e. The van der Waals surface area contributed by atoms with Gasteiger partial charge in [-0.15, -0.1) is 0 Å². The molecule has 0 unspecified atom stereocenters. The molecule has 0 aliphatic carbocycles. The molecule has 1 aliphatic heterocycles. The molecule has 4 heteroatoms. The molecule has 0 saturated carbocycles. The number of piperidine rings is 1. The Kier molecular flexibility index (Phi) is 3.19. The molecule has 2 aromatic rings. The topological polar surface area (TPSA) is 39.9 Å². The lowest BCUT2D eigenvalue weighted by Crippen LogP contribution is -2.35. The minimum atomic E-state index is -0.159. The molecule has 0 spiro atoms. The second-order valence-electron chi connectivity index (χ2n) is 5.39. The lowest BCUT2D eigenvalue weighted by Gasteiger charge is -2.25. The van der Waals surface area contributed by atoms with E-state index < -0.39 is 0 Å². The Morgan fingerprint density at radius 3 is 2.68 bits per heavy atom. The van der Waals surface area contributed by atoms with Crippen LogP contribution in [-0.2, 0) is 0 Å². The quantitative estimate of drug-likeness (QED) is 0.777. The van der Waals surface area contributed by atoms with E-state index in [-0.39, 0.29) is 5.82 Å². The third-order valence-corrected chi connectivity index (χ3v) is 4.10. The molecule has 1 saturated heterocycles. The number of fused-ring (bicyclic) bond motifs is 1. The molecule has 0 bridgehead atoms. The summed E-state index contributed by atoms with van der Waals surface area (Å²) in [7, 11) is 0. The van der Waals surface area contributed by atoms with Crippen LogP contribution in [0.1, 0.15) is 24.1 Å². The van der Waals surface area contributed by atoms with Gasteiger partial charge in [0.1, 0.15) is 5.82 Å². The van der Waals surface area contributed by atoms with Gasteiger partial charge in [0.25, 0.3) is 0 Å². The van der Waals surface area contributed by atoms with Crippen LogP contribution in [0, 0.1) is 19.7 Å². The predicted molar refractivity (Wildman–Crippen MR) is 77.2 cm³/mol. The molecule has 1 aromatic heterocycles. The van der Waals surface area contributed by atoms with Gasteiger partial charge in [0.05, 0.1) is 5.69 Å². The SMILES string of the molecule is Cc1[nH]c2ccc(F)c(NC3CCNCC3)c2c1C. The van der Waals surface area contributed by atoms with Crippen LogP contribution in [0.2, 0.25) is 0 Å². The highest BCUT2D eigenvalue weighted by atomic mass is 19.1. The molecule has 0 radical (unpaired) electrons. The van der Waals surface area contributed by atoms with Gasteiger partial charge in [-0.2, -0.15) is 0 Å². The van der Waals surface area contributed by atoms with E-state index in [0.29, 0.717) is 11.7 Å². The molecule has 1 aliphatic rings. The Morgan fingerprint density at radius 1 is 1.21 bits per heavy atom. The molecule has 1 aromatic carbocycles.